The Morgan fingerprint density at radius 3 is 2.26 bits per heavy atom. The van der Waals surface area contributed by atoms with Gasteiger partial charge in [0.05, 0.1) is 6.54 Å². The number of hydrogen-bond acceptors (Lipinski definition) is 4. The van der Waals surface area contributed by atoms with Crippen molar-refractivity contribution < 1.29 is 14.4 Å². The lowest BCUT2D eigenvalue weighted by molar-refractivity contribution is -0.114. The molecule has 1 aliphatic heterocycles. The highest BCUT2D eigenvalue weighted by Gasteiger charge is 2.19. The third-order valence-electron chi connectivity index (χ3n) is 5.98. The lowest BCUT2D eigenvalue weighted by Gasteiger charge is -2.18. The van der Waals surface area contributed by atoms with Gasteiger partial charge < -0.3 is 20.4 Å². The molecule has 7 nitrogen and oxygen atoms in total. The molecule has 0 spiro atoms. The first kappa shape index (κ1) is 24.0. The predicted molar refractivity (Wildman–Crippen MR) is 137 cm³/mol. The third-order valence-corrected chi connectivity index (χ3v) is 5.98. The average molecular weight is 471 g/mol. The zero-order valence-electron chi connectivity index (χ0n) is 19.9. The molecule has 180 valence electrons. The molecule has 2 N–H and O–H groups in total. The summed E-state index contributed by atoms with van der Waals surface area (Å²) in [6.07, 6.45) is 2.10. The molecule has 1 fully saturated rings. The van der Waals surface area contributed by atoms with Gasteiger partial charge in [-0.05, 0) is 60.9 Å². The molecular weight excluding hydrogens is 440 g/mol. The number of carbonyl (C=O) groups is 3. The highest BCUT2D eigenvalue weighted by Crippen LogP contribution is 2.16. The van der Waals surface area contributed by atoms with Crippen LogP contribution in [-0.2, 0) is 11.3 Å². The van der Waals surface area contributed by atoms with Crippen LogP contribution in [0.15, 0.2) is 78.9 Å². The first-order valence-electron chi connectivity index (χ1n) is 11.8. The van der Waals surface area contributed by atoms with Crippen molar-refractivity contribution in [2.24, 2.45) is 0 Å². The zero-order valence-corrected chi connectivity index (χ0v) is 19.9. The molecule has 0 bridgehead atoms. The van der Waals surface area contributed by atoms with E-state index in [0.29, 0.717) is 29.0 Å². The topological polar surface area (TPSA) is 81.8 Å². The lowest BCUT2D eigenvalue weighted by atomic mass is 10.1. The van der Waals surface area contributed by atoms with E-state index >= 15 is 0 Å². The molecular formula is C28H30N4O3. The van der Waals surface area contributed by atoms with Crippen LogP contribution < -0.4 is 10.6 Å². The van der Waals surface area contributed by atoms with Crippen LogP contribution in [0.4, 0.5) is 11.4 Å². The van der Waals surface area contributed by atoms with Gasteiger partial charge >= 0.3 is 0 Å². The number of likely N-dealkylation sites (tertiary alicyclic amines) is 1. The number of nitrogens with zero attached hydrogens (tertiary/aromatic N) is 2. The number of amides is 3. The van der Waals surface area contributed by atoms with Crippen LogP contribution in [0.5, 0.6) is 0 Å². The fourth-order valence-electron chi connectivity index (χ4n) is 4.10. The van der Waals surface area contributed by atoms with E-state index in [0.717, 1.165) is 31.5 Å². The molecule has 0 radical (unpaired) electrons. The third kappa shape index (κ3) is 6.47. The molecule has 0 atom stereocenters. The Balaban J connectivity index is 1.28. The minimum Gasteiger partial charge on any atom is -0.376 e. The highest BCUT2D eigenvalue weighted by molar-refractivity contribution is 5.97. The van der Waals surface area contributed by atoms with Crippen LogP contribution in [0.2, 0.25) is 0 Å². The van der Waals surface area contributed by atoms with E-state index in [2.05, 4.69) is 10.6 Å². The van der Waals surface area contributed by atoms with E-state index in [1.54, 1.807) is 54.4 Å². The smallest absolute Gasteiger partial charge is 0.253 e. The van der Waals surface area contributed by atoms with Crippen molar-refractivity contribution in [1.82, 2.24) is 9.80 Å². The summed E-state index contributed by atoms with van der Waals surface area (Å²) in [5.41, 5.74) is 3.54. The second kappa shape index (κ2) is 11.3. The molecule has 1 saturated heterocycles. The van der Waals surface area contributed by atoms with E-state index in [4.69, 9.17) is 0 Å². The Morgan fingerprint density at radius 1 is 0.829 bits per heavy atom. The Labute approximate surface area is 205 Å². The maximum Gasteiger partial charge on any atom is 0.253 e. The number of nitrogens with one attached hydrogen (secondary N) is 2. The van der Waals surface area contributed by atoms with Gasteiger partial charge in [-0.2, -0.15) is 0 Å². The molecule has 1 heterocycles. The summed E-state index contributed by atoms with van der Waals surface area (Å²) in [5.74, 6) is -0.280. The van der Waals surface area contributed by atoms with Crippen LogP contribution in [-0.4, -0.2) is 54.2 Å². The number of anilines is 2. The van der Waals surface area contributed by atoms with Gasteiger partial charge in [0, 0.05) is 49.2 Å². The maximum atomic E-state index is 12.8. The normalized spacial score (nSPS) is 12.8. The van der Waals surface area contributed by atoms with Crippen molar-refractivity contribution in [3.05, 3.63) is 95.6 Å². The largest absolute Gasteiger partial charge is 0.376 e. The summed E-state index contributed by atoms with van der Waals surface area (Å²) in [7, 11) is 1.77. The van der Waals surface area contributed by atoms with E-state index < -0.39 is 0 Å². The number of hydrogen-bond donors (Lipinski definition) is 2. The molecule has 0 saturated carbocycles. The summed E-state index contributed by atoms with van der Waals surface area (Å²) < 4.78 is 0. The summed E-state index contributed by atoms with van der Waals surface area (Å²) in [6.45, 7) is 2.17. The molecule has 7 heteroatoms. The average Bonchev–Trinajstić information content (AvgIpc) is 3.43. The SMILES string of the molecule is CN(Cc1ccccc1)C(=O)c1cccc(NCC(=O)Nc2ccc(C(=O)N3CCCC3)cc2)c1. The van der Waals surface area contributed by atoms with Gasteiger partial charge in [0.15, 0.2) is 0 Å². The Kier molecular flexibility index (Phi) is 7.77. The quantitative estimate of drug-likeness (QED) is 0.516. The molecule has 4 rings (SSSR count). The van der Waals surface area contributed by atoms with E-state index in [1.165, 1.54) is 0 Å². The number of carbonyl (C=O) groups excluding carboxylic acids is 3. The second-order valence-corrected chi connectivity index (χ2v) is 8.71. The van der Waals surface area contributed by atoms with Crippen molar-refractivity contribution in [3.63, 3.8) is 0 Å². The van der Waals surface area contributed by atoms with Gasteiger partial charge in [0.2, 0.25) is 5.91 Å². The van der Waals surface area contributed by atoms with Gasteiger partial charge in [-0.1, -0.05) is 36.4 Å². The van der Waals surface area contributed by atoms with Crippen molar-refractivity contribution in [3.8, 4) is 0 Å². The zero-order chi connectivity index (χ0) is 24.6. The Bertz CT molecular complexity index is 1170. The summed E-state index contributed by atoms with van der Waals surface area (Å²) >= 11 is 0. The van der Waals surface area contributed by atoms with E-state index in [-0.39, 0.29) is 24.3 Å². The van der Waals surface area contributed by atoms with Gasteiger partial charge in [0.1, 0.15) is 0 Å². The summed E-state index contributed by atoms with van der Waals surface area (Å²) in [4.78, 5) is 41.2. The minimum atomic E-state index is -0.221. The predicted octanol–water partition coefficient (Wildman–Crippen LogP) is 4.25. The standard InChI is InChI=1S/C28H30N4O3/c1-31(20-21-8-3-2-4-9-21)27(34)23-10-7-11-25(18-23)29-19-26(33)30-24-14-12-22(13-15-24)28(35)32-16-5-6-17-32/h2-4,7-15,18,29H,5-6,16-17,19-20H2,1H3,(H,30,33). The summed E-state index contributed by atoms with van der Waals surface area (Å²) in [5, 5.41) is 5.90. The minimum absolute atomic E-state index is 0.0332. The highest BCUT2D eigenvalue weighted by atomic mass is 16.2. The molecule has 3 aromatic rings. The molecule has 0 aromatic heterocycles. The van der Waals surface area contributed by atoms with Gasteiger partial charge in [-0.3, -0.25) is 14.4 Å². The first-order valence-corrected chi connectivity index (χ1v) is 11.8. The van der Waals surface area contributed by atoms with Crippen LogP contribution in [0.25, 0.3) is 0 Å². The first-order chi connectivity index (χ1) is 17.0. The molecule has 0 aliphatic carbocycles. The fraction of sp³-hybridized carbons (Fsp3) is 0.250. The lowest BCUT2D eigenvalue weighted by Crippen LogP contribution is -2.27. The van der Waals surface area contributed by atoms with Gasteiger partial charge in [-0.25, -0.2) is 0 Å². The van der Waals surface area contributed by atoms with Crippen molar-refractivity contribution >= 4 is 29.1 Å². The second-order valence-electron chi connectivity index (χ2n) is 8.71. The molecule has 0 unspecified atom stereocenters. The summed E-state index contributed by atoms with van der Waals surface area (Å²) in [6, 6.07) is 23.9. The van der Waals surface area contributed by atoms with Crippen LogP contribution in [0, 0.1) is 0 Å². The van der Waals surface area contributed by atoms with Crippen molar-refractivity contribution in [1.29, 1.82) is 0 Å². The maximum absolute atomic E-state index is 12.8. The van der Waals surface area contributed by atoms with Crippen LogP contribution >= 0.6 is 0 Å². The Morgan fingerprint density at radius 2 is 1.54 bits per heavy atom. The van der Waals surface area contributed by atoms with E-state index in [9.17, 15) is 14.4 Å². The van der Waals surface area contributed by atoms with Gasteiger partial charge in [-0.15, -0.1) is 0 Å². The Hall–Kier alpha value is -4.13. The molecule has 35 heavy (non-hydrogen) atoms. The van der Waals surface area contributed by atoms with E-state index in [1.807, 2.05) is 41.3 Å². The van der Waals surface area contributed by atoms with Crippen LogP contribution in [0.1, 0.15) is 39.1 Å². The monoisotopic (exact) mass is 470 g/mol. The molecule has 3 aromatic carbocycles. The number of benzene rings is 3. The fourth-order valence-corrected chi connectivity index (χ4v) is 4.10. The van der Waals surface area contributed by atoms with Crippen LogP contribution in [0.3, 0.4) is 0 Å². The molecule has 3 amide bonds. The molecule has 1 aliphatic rings. The number of rotatable bonds is 8. The van der Waals surface area contributed by atoms with Crippen molar-refractivity contribution in [2.75, 3.05) is 37.3 Å². The van der Waals surface area contributed by atoms with Gasteiger partial charge in [0.25, 0.3) is 11.8 Å². The van der Waals surface area contributed by atoms with Crippen molar-refractivity contribution in [2.45, 2.75) is 19.4 Å².